The number of hydrogen-bond acceptors (Lipinski definition) is 4. The van der Waals surface area contributed by atoms with E-state index in [2.05, 4.69) is 29.6 Å². The SMILES string of the molecule is Cc1ccccc1OCC(O)CNCCSCc1ccccc1. The van der Waals surface area contributed by atoms with E-state index in [9.17, 15) is 5.11 Å². The van der Waals surface area contributed by atoms with Crippen molar-refractivity contribution in [3.63, 3.8) is 0 Å². The standard InChI is InChI=1S/C19H25NO2S/c1-16-7-5-6-10-19(16)22-14-18(21)13-20-11-12-23-15-17-8-3-2-4-9-17/h2-10,18,20-21H,11-15H2,1H3. The lowest BCUT2D eigenvalue weighted by molar-refractivity contribution is 0.106. The monoisotopic (exact) mass is 331 g/mol. The Balaban J connectivity index is 1.51. The molecule has 0 aliphatic heterocycles. The van der Waals surface area contributed by atoms with Crippen LogP contribution >= 0.6 is 11.8 Å². The van der Waals surface area contributed by atoms with Gasteiger partial charge in [-0.05, 0) is 24.1 Å². The van der Waals surface area contributed by atoms with Gasteiger partial charge in [0, 0.05) is 24.6 Å². The van der Waals surface area contributed by atoms with Crippen LogP contribution in [0.1, 0.15) is 11.1 Å². The molecule has 0 bridgehead atoms. The summed E-state index contributed by atoms with van der Waals surface area (Å²) in [5.74, 6) is 2.90. The zero-order valence-corrected chi connectivity index (χ0v) is 14.4. The lowest BCUT2D eigenvalue weighted by Gasteiger charge is -2.14. The number of rotatable bonds is 10. The van der Waals surface area contributed by atoms with Crippen molar-refractivity contribution >= 4 is 11.8 Å². The summed E-state index contributed by atoms with van der Waals surface area (Å²) in [6, 6.07) is 18.3. The van der Waals surface area contributed by atoms with Crippen LogP contribution in [0.4, 0.5) is 0 Å². The number of aryl methyl sites for hydroxylation is 1. The van der Waals surface area contributed by atoms with E-state index in [4.69, 9.17) is 4.74 Å². The molecule has 0 radical (unpaired) electrons. The third-order valence-corrected chi connectivity index (χ3v) is 4.47. The number of aliphatic hydroxyl groups excluding tert-OH is 1. The van der Waals surface area contributed by atoms with Crippen molar-refractivity contribution in [3.8, 4) is 5.75 Å². The summed E-state index contributed by atoms with van der Waals surface area (Å²) in [6.07, 6.45) is -0.492. The number of ether oxygens (including phenoxy) is 1. The fraction of sp³-hybridized carbons (Fsp3) is 0.368. The molecular formula is C19H25NO2S. The molecule has 0 amide bonds. The summed E-state index contributed by atoms with van der Waals surface area (Å²) >= 11 is 1.89. The molecule has 0 heterocycles. The first-order chi connectivity index (χ1) is 11.3. The first-order valence-electron chi connectivity index (χ1n) is 7.94. The van der Waals surface area contributed by atoms with Gasteiger partial charge in [-0.3, -0.25) is 0 Å². The van der Waals surface area contributed by atoms with E-state index in [1.807, 2.05) is 49.0 Å². The zero-order chi connectivity index (χ0) is 16.3. The maximum atomic E-state index is 9.94. The quantitative estimate of drug-likeness (QED) is 0.656. The minimum absolute atomic E-state index is 0.314. The summed E-state index contributed by atoms with van der Waals surface area (Å²) in [7, 11) is 0. The summed E-state index contributed by atoms with van der Waals surface area (Å²) < 4.78 is 5.64. The van der Waals surface area contributed by atoms with Crippen LogP contribution in [-0.4, -0.2) is 36.7 Å². The third-order valence-electron chi connectivity index (χ3n) is 3.44. The lowest BCUT2D eigenvalue weighted by Crippen LogP contribution is -2.32. The largest absolute Gasteiger partial charge is 0.491 e. The smallest absolute Gasteiger partial charge is 0.122 e. The molecule has 0 aliphatic rings. The molecule has 3 nitrogen and oxygen atoms in total. The number of thioether (sulfide) groups is 1. The molecule has 1 atom stereocenters. The van der Waals surface area contributed by atoms with Crippen LogP contribution in [0.15, 0.2) is 54.6 Å². The van der Waals surface area contributed by atoms with Crippen molar-refractivity contribution in [2.75, 3.05) is 25.4 Å². The molecule has 2 rings (SSSR count). The van der Waals surface area contributed by atoms with Gasteiger partial charge in [-0.15, -0.1) is 0 Å². The molecule has 0 fully saturated rings. The number of nitrogens with one attached hydrogen (secondary N) is 1. The summed E-state index contributed by atoms with van der Waals surface area (Å²) in [5, 5.41) is 13.2. The molecular weight excluding hydrogens is 306 g/mol. The third kappa shape index (κ3) is 7.08. The molecule has 2 N–H and O–H groups in total. The van der Waals surface area contributed by atoms with Gasteiger partial charge in [0.2, 0.25) is 0 Å². The second-order valence-corrected chi connectivity index (χ2v) is 6.58. The van der Waals surface area contributed by atoms with Gasteiger partial charge in [0.1, 0.15) is 18.5 Å². The minimum atomic E-state index is -0.492. The Labute approximate surface area is 143 Å². The van der Waals surface area contributed by atoms with Gasteiger partial charge in [-0.2, -0.15) is 11.8 Å². The van der Waals surface area contributed by atoms with Crippen LogP contribution in [0.2, 0.25) is 0 Å². The maximum absolute atomic E-state index is 9.94. The Morgan fingerprint density at radius 1 is 1.09 bits per heavy atom. The first-order valence-corrected chi connectivity index (χ1v) is 9.10. The van der Waals surface area contributed by atoms with Gasteiger partial charge in [-0.25, -0.2) is 0 Å². The van der Waals surface area contributed by atoms with E-state index in [-0.39, 0.29) is 0 Å². The highest BCUT2D eigenvalue weighted by Gasteiger charge is 2.06. The second-order valence-electron chi connectivity index (χ2n) is 5.47. The highest BCUT2D eigenvalue weighted by atomic mass is 32.2. The first kappa shape index (κ1) is 17.9. The predicted octanol–water partition coefficient (Wildman–Crippen LogP) is 3.26. The Morgan fingerprint density at radius 2 is 1.83 bits per heavy atom. The molecule has 2 aromatic carbocycles. The minimum Gasteiger partial charge on any atom is -0.491 e. The topological polar surface area (TPSA) is 41.5 Å². The Hall–Kier alpha value is -1.49. The van der Waals surface area contributed by atoms with Gasteiger partial charge < -0.3 is 15.2 Å². The van der Waals surface area contributed by atoms with Gasteiger partial charge in [0.25, 0.3) is 0 Å². The average molecular weight is 331 g/mol. The van der Waals surface area contributed by atoms with Crippen LogP contribution in [0.25, 0.3) is 0 Å². The predicted molar refractivity (Wildman–Crippen MR) is 98.2 cm³/mol. The molecule has 0 spiro atoms. The van der Waals surface area contributed by atoms with Crippen LogP contribution in [-0.2, 0) is 5.75 Å². The van der Waals surface area contributed by atoms with Crippen molar-refractivity contribution in [2.24, 2.45) is 0 Å². The Kier molecular flexibility index (Phi) is 8.01. The average Bonchev–Trinajstić information content (AvgIpc) is 2.58. The lowest BCUT2D eigenvalue weighted by atomic mass is 10.2. The van der Waals surface area contributed by atoms with Gasteiger partial charge in [0.15, 0.2) is 0 Å². The van der Waals surface area contributed by atoms with E-state index < -0.39 is 6.10 Å². The maximum Gasteiger partial charge on any atom is 0.122 e. The molecule has 0 aromatic heterocycles. The van der Waals surface area contributed by atoms with E-state index in [1.165, 1.54) is 5.56 Å². The van der Waals surface area contributed by atoms with E-state index in [0.717, 1.165) is 29.4 Å². The van der Waals surface area contributed by atoms with Crippen LogP contribution in [0, 0.1) is 6.92 Å². The van der Waals surface area contributed by atoms with E-state index in [0.29, 0.717) is 13.2 Å². The summed E-state index contributed by atoms with van der Waals surface area (Å²) in [5.41, 5.74) is 2.44. The van der Waals surface area contributed by atoms with E-state index >= 15 is 0 Å². The van der Waals surface area contributed by atoms with Gasteiger partial charge in [0.05, 0.1) is 0 Å². The number of benzene rings is 2. The van der Waals surface area contributed by atoms with Crippen LogP contribution in [0.3, 0.4) is 0 Å². The molecule has 0 saturated heterocycles. The fourth-order valence-corrected chi connectivity index (χ4v) is 3.00. The van der Waals surface area contributed by atoms with Crippen molar-refractivity contribution in [1.29, 1.82) is 0 Å². The summed E-state index contributed by atoms with van der Waals surface area (Å²) in [6.45, 7) is 3.76. The summed E-state index contributed by atoms with van der Waals surface area (Å²) in [4.78, 5) is 0. The molecule has 23 heavy (non-hydrogen) atoms. The molecule has 1 unspecified atom stereocenters. The molecule has 124 valence electrons. The second kappa shape index (κ2) is 10.3. The number of aliphatic hydroxyl groups is 1. The molecule has 0 aliphatic carbocycles. The van der Waals surface area contributed by atoms with Crippen molar-refractivity contribution in [2.45, 2.75) is 18.8 Å². The van der Waals surface area contributed by atoms with Gasteiger partial charge >= 0.3 is 0 Å². The van der Waals surface area contributed by atoms with Gasteiger partial charge in [-0.1, -0.05) is 48.5 Å². The zero-order valence-electron chi connectivity index (χ0n) is 13.6. The van der Waals surface area contributed by atoms with Crippen molar-refractivity contribution < 1.29 is 9.84 Å². The Bertz CT molecular complexity index is 562. The Morgan fingerprint density at radius 3 is 2.61 bits per heavy atom. The van der Waals surface area contributed by atoms with Crippen molar-refractivity contribution in [1.82, 2.24) is 5.32 Å². The highest BCUT2D eigenvalue weighted by Crippen LogP contribution is 2.16. The van der Waals surface area contributed by atoms with E-state index in [1.54, 1.807) is 0 Å². The molecule has 4 heteroatoms. The number of para-hydroxylation sites is 1. The van der Waals surface area contributed by atoms with Crippen LogP contribution in [0.5, 0.6) is 5.75 Å². The normalized spacial score (nSPS) is 12.1. The molecule has 2 aromatic rings. The fourth-order valence-electron chi connectivity index (χ4n) is 2.14. The highest BCUT2D eigenvalue weighted by molar-refractivity contribution is 7.98. The number of hydrogen-bond donors (Lipinski definition) is 2. The molecule has 0 saturated carbocycles. The van der Waals surface area contributed by atoms with Crippen molar-refractivity contribution in [3.05, 3.63) is 65.7 Å². The van der Waals surface area contributed by atoms with Crippen LogP contribution < -0.4 is 10.1 Å².